The van der Waals surface area contributed by atoms with Crippen LogP contribution in [0.4, 0.5) is 13.2 Å². The lowest BCUT2D eigenvalue weighted by atomic mass is 9.86. The number of hydrogen-bond acceptors (Lipinski definition) is 6. The smallest absolute Gasteiger partial charge is 0.490 e. The van der Waals surface area contributed by atoms with E-state index in [0.717, 1.165) is 31.4 Å². The van der Waals surface area contributed by atoms with Crippen molar-refractivity contribution in [3.05, 3.63) is 36.4 Å². The monoisotopic (exact) mass is 488 g/mol. The third-order valence-electron chi connectivity index (χ3n) is 6.36. The van der Waals surface area contributed by atoms with E-state index in [9.17, 15) is 28.2 Å². The minimum absolute atomic E-state index is 0.0844. The van der Waals surface area contributed by atoms with Crippen LogP contribution in [0.5, 0.6) is 11.5 Å². The number of benzene rings is 1. The molecule has 1 aliphatic heterocycles. The molecule has 0 radical (unpaired) electrons. The third-order valence-corrected chi connectivity index (χ3v) is 6.36. The van der Waals surface area contributed by atoms with E-state index in [0.29, 0.717) is 25.4 Å². The van der Waals surface area contributed by atoms with Crippen molar-refractivity contribution in [1.29, 1.82) is 0 Å². The molecule has 190 valence electrons. The van der Waals surface area contributed by atoms with Gasteiger partial charge in [-0.3, -0.25) is 4.79 Å². The topological polar surface area (TPSA) is 105 Å². The van der Waals surface area contributed by atoms with Crippen molar-refractivity contribution in [2.75, 3.05) is 13.2 Å². The molecule has 2 aliphatic rings. The highest BCUT2D eigenvalue weighted by Gasteiger charge is 2.43. The molecule has 1 saturated carbocycles. The van der Waals surface area contributed by atoms with E-state index < -0.39 is 30.3 Å². The zero-order valence-corrected chi connectivity index (χ0v) is 18.7. The average molecular weight is 488 g/mol. The molecular formula is C24H31F3O7. The largest absolute Gasteiger partial charge is 0.573 e. The first-order valence-electron chi connectivity index (χ1n) is 11.5. The average Bonchev–Trinajstić information content (AvgIpc) is 2.91. The first kappa shape index (κ1) is 26.3. The summed E-state index contributed by atoms with van der Waals surface area (Å²) >= 11 is 0. The Morgan fingerprint density at radius 2 is 2.03 bits per heavy atom. The van der Waals surface area contributed by atoms with Crippen molar-refractivity contribution in [3.8, 4) is 11.5 Å². The van der Waals surface area contributed by atoms with Gasteiger partial charge in [-0.15, -0.1) is 13.2 Å². The Labute approximate surface area is 196 Å². The maximum Gasteiger partial charge on any atom is 0.573 e. The molecule has 0 aromatic heterocycles. The van der Waals surface area contributed by atoms with E-state index in [1.165, 1.54) is 18.2 Å². The van der Waals surface area contributed by atoms with Crippen LogP contribution in [0, 0.1) is 17.8 Å². The fourth-order valence-corrected chi connectivity index (χ4v) is 4.74. The van der Waals surface area contributed by atoms with Crippen molar-refractivity contribution >= 4 is 5.97 Å². The lowest BCUT2D eigenvalue weighted by Crippen LogP contribution is -2.22. The van der Waals surface area contributed by atoms with Gasteiger partial charge in [0.2, 0.25) is 0 Å². The Morgan fingerprint density at radius 3 is 2.76 bits per heavy atom. The molecule has 1 aromatic carbocycles. The second-order valence-corrected chi connectivity index (χ2v) is 8.93. The molecule has 0 amide bonds. The Balaban J connectivity index is 1.49. The van der Waals surface area contributed by atoms with Crippen molar-refractivity contribution in [1.82, 2.24) is 0 Å². The number of aliphatic hydroxyl groups excluding tert-OH is 2. The predicted octanol–water partition coefficient (Wildman–Crippen LogP) is 3.93. The standard InChI is InChI=1S/C24H31F3O7/c25-24(26,27)34-18-5-2-4-17(11-18)32-14-16(28)8-10-19-20-9-7-15(3-1-6-23(30)31)13-33-22(20)12-21(19)29/h2,4-5,8,10-11,15-16,19-22,28-29H,1,3,6-7,9,12-14H2,(H,30,31)/t15-,16+,19+,20+,21+,22-/m0/s1. The van der Waals surface area contributed by atoms with Gasteiger partial charge in [0.25, 0.3) is 0 Å². The van der Waals surface area contributed by atoms with Crippen LogP contribution in [0.15, 0.2) is 36.4 Å². The number of aliphatic carboxylic acids is 1. The molecule has 3 rings (SSSR count). The Kier molecular flexibility index (Phi) is 9.21. The third kappa shape index (κ3) is 8.18. The quantitative estimate of drug-likeness (QED) is 0.429. The molecule has 1 heterocycles. The van der Waals surface area contributed by atoms with Crippen LogP contribution >= 0.6 is 0 Å². The van der Waals surface area contributed by atoms with Crippen molar-refractivity contribution in [3.63, 3.8) is 0 Å². The number of carboxylic acid groups (broad SMARTS) is 1. The molecule has 0 bridgehead atoms. The fraction of sp³-hybridized carbons (Fsp3) is 0.625. The van der Waals surface area contributed by atoms with E-state index >= 15 is 0 Å². The number of carboxylic acids is 1. The van der Waals surface area contributed by atoms with Crippen molar-refractivity contribution in [2.45, 2.75) is 63.2 Å². The van der Waals surface area contributed by atoms with Gasteiger partial charge in [-0.1, -0.05) is 18.2 Å². The molecule has 0 spiro atoms. The summed E-state index contributed by atoms with van der Waals surface area (Å²) < 4.78 is 52.3. The van der Waals surface area contributed by atoms with E-state index in [2.05, 4.69) is 4.74 Å². The Bertz CT molecular complexity index is 829. The number of rotatable bonds is 10. The predicted molar refractivity (Wildman–Crippen MR) is 115 cm³/mol. The summed E-state index contributed by atoms with van der Waals surface area (Å²) in [5.41, 5.74) is 0. The molecule has 10 heteroatoms. The number of alkyl halides is 3. The highest BCUT2D eigenvalue weighted by atomic mass is 19.4. The molecule has 7 nitrogen and oxygen atoms in total. The summed E-state index contributed by atoms with van der Waals surface area (Å²) in [7, 11) is 0. The number of ether oxygens (including phenoxy) is 3. The van der Waals surface area contributed by atoms with E-state index in [1.54, 1.807) is 6.08 Å². The van der Waals surface area contributed by atoms with Crippen LogP contribution < -0.4 is 9.47 Å². The summed E-state index contributed by atoms with van der Waals surface area (Å²) in [6.45, 7) is 0.378. The van der Waals surface area contributed by atoms with Crippen LogP contribution in [-0.4, -0.2) is 59.2 Å². The van der Waals surface area contributed by atoms with Gasteiger partial charge in [-0.2, -0.15) is 0 Å². The van der Waals surface area contributed by atoms with E-state index in [-0.39, 0.29) is 36.7 Å². The fourth-order valence-electron chi connectivity index (χ4n) is 4.74. The highest BCUT2D eigenvalue weighted by Crippen LogP contribution is 2.42. The first-order chi connectivity index (χ1) is 16.1. The molecule has 0 unspecified atom stereocenters. The highest BCUT2D eigenvalue weighted by molar-refractivity contribution is 5.66. The lowest BCUT2D eigenvalue weighted by molar-refractivity contribution is -0.274. The number of carbonyl (C=O) groups is 1. The SMILES string of the molecule is O=C(O)CCC[C@H]1CC[C@@H]2[C@@H](C=C[C@@H](O)COc3cccc(OC(F)(F)F)c3)[C@H](O)C[C@@H]2OC1. The number of aliphatic hydroxyl groups is 2. The summed E-state index contributed by atoms with van der Waals surface area (Å²) in [5, 5.41) is 29.6. The molecular weight excluding hydrogens is 457 g/mol. The number of halogens is 3. The maximum atomic E-state index is 12.4. The van der Waals surface area contributed by atoms with E-state index in [4.69, 9.17) is 14.6 Å². The Hall–Kier alpha value is -2.30. The minimum Gasteiger partial charge on any atom is -0.490 e. The molecule has 2 fully saturated rings. The summed E-state index contributed by atoms with van der Waals surface area (Å²) in [5.74, 6) is -0.889. The van der Waals surface area contributed by atoms with Gasteiger partial charge in [-0.05, 0) is 49.7 Å². The van der Waals surface area contributed by atoms with Gasteiger partial charge in [0, 0.05) is 31.4 Å². The van der Waals surface area contributed by atoms with Crippen LogP contribution in [0.2, 0.25) is 0 Å². The van der Waals surface area contributed by atoms with Crippen molar-refractivity contribution < 1.29 is 47.5 Å². The van der Waals surface area contributed by atoms with Gasteiger partial charge in [-0.25, -0.2) is 0 Å². The molecule has 1 aliphatic carbocycles. The number of hydrogen-bond donors (Lipinski definition) is 3. The normalized spacial score (nSPS) is 28.3. The zero-order chi connectivity index (χ0) is 24.7. The summed E-state index contributed by atoms with van der Waals surface area (Å²) in [6, 6.07) is 5.06. The van der Waals surface area contributed by atoms with Crippen molar-refractivity contribution in [2.24, 2.45) is 17.8 Å². The second kappa shape index (κ2) is 11.9. The Morgan fingerprint density at radius 1 is 1.26 bits per heavy atom. The minimum atomic E-state index is -4.80. The van der Waals surface area contributed by atoms with Gasteiger partial charge in [0.1, 0.15) is 24.2 Å². The second-order valence-electron chi connectivity index (χ2n) is 8.93. The summed E-state index contributed by atoms with van der Waals surface area (Å²) in [6.07, 6.45) is 0.567. The maximum absolute atomic E-state index is 12.4. The van der Waals surface area contributed by atoms with Gasteiger partial charge < -0.3 is 29.5 Å². The molecule has 34 heavy (non-hydrogen) atoms. The van der Waals surface area contributed by atoms with Gasteiger partial charge in [0.15, 0.2) is 0 Å². The lowest BCUT2D eigenvalue weighted by Gasteiger charge is -2.21. The van der Waals surface area contributed by atoms with Crippen LogP contribution in [0.1, 0.15) is 38.5 Å². The van der Waals surface area contributed by atoms with Crippen LogP contribution in [0.25, 0.3) is 0 Å². The molecule has 1 saturated heterocycles. The first-order valence-corrected chi connectivity index (χ1v) is 11.5. The van der Waals surface area contributed by atoms with Crippen LogP contribution in [0.3, 0.4) is 0 Å². The molecule has 3 N–H and O–H groups in total. The number of fused-ring (bicyclic) bond motifs is 1. The summed E-state index contributed by atoms with van der Waals surface area (Å²) in [4.78, 5) is 10.7. The van der Waals surface area contributed by atoms with E-state index in [1.807, 2.05) is 0 Å². The molecule has 1 aromatic rings. The zero-order valence-electron chi connectivity index (χ0n) is 18.7. The van der Waals surface area contributed by atoms with Crippen LogP contribution in [-0.2, 0) is 9.53 Å². The van der Waals surface area contributed by atoms with Gasteiger partial charge >= 0.3 is 12.3 Å². The van der Waals surface area contributed by atoms with Gasteiger partial charge in [0.05, 0.1) is 12.2 Å². The molecule has 6 atom stereocenters.